The predicted molar refractivity (Wildman–Crippen MR) is 83.8 cm³/mol. The minimum absolute atomic E-state index is 0.0732. The molecular weight excluding hydrogens is 288 g/mol. The SMILES string of the molecule is COC(=O)c1ccnc(N(C)C(C)c2cccc(Cl)c2)c1. The largest absolute Gasteiger partial charge is 0.465 e. The Morgan fingerprint density at radius 2 is 2.10 bits per heavy atom. The molecule has 0 aliphatic carbocycles. The van der Waals surface area contributed by atoms with Gasteiger partial charge in [0.15, 0.2) is 0 Å². The summed E-state index contributed by atoms with van der Waals surface area (Å²) in [4.78, 5) is 17.9. The van der Waals surface area contributed by atoms with Gasteiger partial charge in [0, 0.05) is 18.3 Å². The molecule has 0 aliphatic heterocycles. The first-order valence-corrected chi connectivity index (χ1v) is 6.93. The number of halogens is 1. The topological polar surface area (TPSA) is 42.4 Å². The van der Waals surface area contributed by atoms with Gasteiger partial charge in [-0.1, -0.05) is 23.7 Å². The fourth-order valence-corrected chi connectivity index (χ4v) is 2.24. The smallest absolute Gasteiger partial charge is 0.338 e. The van der Waals surface area contributed by atoms with E-state index >= 15 is 0 Å². The summed E-state index contributed by atoms with van der Waals surface area (Å²) in [6.45, 7) is 2.05. The number of hydrogen-bond acceptors (Lipinski definition) is 4. The second kappa shape index (κ2) is 6.59. The first kappa shape index (κ1) is 15.3. The van der Waals surface area contributed by atoms with Gasteiger partial charge >= 0.3 is 5.97 Å². The van der Waals surface area contributed by atoms with Gasteiger partial charge in [0.2, 0.25) is 0 Å². The number of methoxy groups -OCH3 is 1. The number of aromatic nitrogens is 1. The fourth-order valence-electron chi connectivity index (χ4n) is 2.04. The Hall–Kier alpha value is -2.07. The molecule has 1 unspecified atom stereocenters. The van der Waals surface area contributed by atoms with Crippen LogP contribution in [0.25, 0.3) is 0 Å². The van der Waals surface area contributed by atoms with Crippen molar-refractivity contribution in [3.63, 3.8) is 0 Å². The van der Waals surface area contributed by atoms with Crippen molar-refractivity contribution < 1.29 is 9.53 Å². The van der Waals surface area contributed by atoms with E-state index in [0.29, 0.717) is 16.4 Å². The van der Waals surface area contributed by atoms with E-state index in [0.717, 1.165) is 5.56 Å². The molecule has 1 aromatic heterocycles. The highest BCUT2D eigenvalue weighted by Crippen LogP contribution is 2.26. The maximum atomic E-state index is 11.6. The van der Waals surface area contributed by atoms with E-state index in [1.54, 1.807) is 18.3 Å². The Morgan fingerprint density at radius 3 is 2.76 bits per heavy atom. The number of hydrogen-bond donors (Lipinski definition) is 0. The summed E-state index contributed by atoms with van der Waals surface area (Å²) >= 11 is 6.03. The molecule has 0 fully saturated rings. The van der Waals surface area contributed by atoms with Crippen molar-refractivity contribution in [2.45, 2.75) is 13.0 Å². The summed E-state index contributed by atoms with van der Waals surface area (Å²) in [5.41, 5.74) is 1.56. The molecule has 110 valence electrons. The summed E-state index contributed by atoms with van der Waals surface area (Å²) in [6, 6.07) is 11.1. The van der Waals surface area contributed by atoms with Crippen LogP contribution in [0, 0.1) is 0 Å². The summed E-state index contributed by atoms with van der Waals surface area (Å²) in [5.74, 6) is 0.327. The highest BCUT2D eigenvalue weighted by Gasteiger charge is 2.15. The average molecular weight is 305 g/mol. The number of rotatable bonds is 4. The molecule has 2 aromatic rings. The van der Waals surface area contributed by atoms with Gasteiger partial charge < -0.3 is 9.64 Å². The van der Waals surface area contributed by atoms with Gasteiger partial charge in [-0.3, -0.25) is 0 Å². The van der Waals surface area contributed by atoms with Gasteiger partial charge in [0.25, 0.3) is 0 Å². The number of esters is 1. The molecule has 4 nitrogen and oxygen atoms in total. The van der Waals surface area contributed by atoms with Gasteiger partial charge in [-0.25, -0.2) is 9.78 Å². The van der Waals surface area contributed by atoms with E-state index in [9.17, 15) is 4.79 Å². The molecule has 2 rings (SSSR count). The Labute approximate surface area is 129 Å². The van der Waals surface area contributed by atoms with Crippen LogP contribution in [0.1, 0.15) is 28.9 Å². The van der Waals surface area contributed by atoms with Crippen LogP contribution < -0.4 is 4.90 Å². The molecule has 0 saturated heterocycles. The van der Waals surface area contributed by atoms with E-state index in [1.807, 2.05) is 36.2 Å². The molecule has 0 radical (unpaired) electrons. The minimum atomic E-state index is -0.373. The molecule has 1 atom stereocenters. The van der Waals surface area contributed by atoms with E-state index in [4.69, 9.17) is 16.3 Å². The number of carbonyl (C=O) groups is 1. The Balaban J connectivity index is 2.27. The predicted octanol–water partition coefficient (Wildman–Crippen LogP) is 3.72. The fraction of sp³-hybridized carbons (Fsp3) is 0.250. The Kier molecular flexibility index (Phi) is 4.81. The van der Waals surface area contributed by atoms with E-state index in [2.05, 4.69) is 11.9 Å². The third-order valence-electron chi connectivity index (χ3n) is 3.44. The quantitative estimate of drug-likeness (QED) is 0.807. The zero-order chi connectivity index (χ0) is 15.4. The number of benzene rings is 1. The maximum absolute atomic E-state index is 11.6. The van der Waals surface area contributed by atoms with Crippen molar-refractivity contribution in [3.05, 3.63) is 58.7 Å². The highest BCUT2D eigenvalue weighted by atomic mass is 35.5. The maximum Gasteiger partial charge on any atom is 0.338 e. The van der Waals surface area contributed by atoms with Crippen LogP contribution in [-0.2, 0) is 4.74 Å². The number of anilines is 1. The zero-order valence-electron chi connectivity index (χ0n) is 12.2. The van der Waals surface area contributed by atoms with Crippen molar-refractivity contribution in [3.8, 4) is 0 Å². The third kappa shape index (κ3) is 3.52. The molecule has 0 spiro atoms. The molecule has 1 aromatic carbocycles. The van der Waals surface area contributed by atoms with Crippen LogP contribution in [0.15, 0.2) is 42.6 Å². The molecular formula is C16H17ClN2O2. The highest BCUT2D eigenvalue weighted by molar-refractivity contribution is 6.30. The molecule has 0 N–H and O–H groups in total. The molecule has 1 heterocycles. The lowest BCUT2D eigenvalue weighted by Gasteiger charge is -2.26. The summed E-state index contributed by atoms with van der Waals surface area (Å²) in [5, 5.41) is 0.698. The molecule has 0 bridgehead atoms. The standard InChI is InChI=1S/C16H17ClN2O2/c1-11(12-5-4-6-14(17)9-12)19(2)15-10-13(7-8-18-15)16(20)21-3/h4-11H,1-3H3. The Bertz CT molecular complexity index is 646. The monoisotopic (exact) mass is 304 g/mol. The van der Waals surface area contributed by atoms with E-state index in [1.165, 1.54) is 7.11 Å². The first-order valence-electron chi connectivity index (χ1n) is 6.55. The minimum Gasteiger partial charge on any atom is -0.465 e. The molecule has 0 aliphatic rings. The van der Waals surface area contributed by atoms with Gasteiger partial charge in [0.1, 0.15) is 5.82 Å². The van der Waals surface area contributed by atoms with Crippen molar-refractivity contribution in [1.82, 2.24) is 4.98 Å². The van der Waals surface area contributed by atoms with Crippen LogP contribution >= 0.6 is 11.6 Å². The second-order valence-electron chi connectivity index (χ2n) is 4.74. The number of ether oxygens (including phenoxy) is 1. The zero-order valence-corrected chi connectivity index (χ0v) is 13.0. The number of nitrogens with zero attached hydrogens (tertiary/aromatic N) is 2. The average Bonchev–Trinajstić information content (AvgIpc) is 2.52. The van der Waals surface area contributed by atoms with Crippen LogP contribution in [0.2, 0.25) is 5.02 Å². The van der Waals surface area contributed by atoms with Crippen molar-refractivity contribution in [1.29, 1.82) is 0 Å². The van der Waals surface area contributed by atoms with Crippen molar-refractivity contribution in [2.24, 2.45) is 0 Å². The first-order chi connectivity index (χ1) is 10.0. The van der Waals surface area contributed by atoms with Crippen LogP contribution in [-0.4, -0.2) is 25.1 Å². The van der Waals surface area contributed by atoms with Gasteiger partial charge in [0.05, 0.1) is 18.7 Å². The van der Waals surface area contributed by atoms with Crippen LogP contribution in [0.5, 0.6) is 0 Å². The number of pyridine rings is 1. The van der Waals surface area contributed by atoms with Crippen molar-refractivity contribution in [2.75, 3.05) is 19.1 Å². The molecule has 0 amide bonds. The summed E-state index contributed by atoms with van der Waals surface area (Å²) < 4.78 is 4.73. The lowest BCUT2D eigenvalue weighted by Crippen LogP contribution is -2.23. The van der Waals surface area contributed by atoms with E-state index in [-0.39, 0.29) is 12.0 Å². The lowest BCUT2D eigenvalue weighted by molar-refractivity contribution is 0.0600. The van der Waals surface area contributed by atoms with Crippen LogP contribution in [0.3, 0.4) is 0 Å². The third-order valence-corrected chi connectivity index (χ3v) is 3.68. The molecule has 0 saturated carbocycles. The lowest BCUT2D eigenvalue weighted by atomic mass is 10.1. The molecule has 5 heteroatoms. The Morgan fingerprint density at radius 1 is 1.33 bits per heavy atom. The van der Waals surface area contributed by atoms with Gasteiger partial charge in [-0.05, 0) is 36.8 Å². The molecule has 21 heavy (non-hydrogen) atoms. The van der Waals surface area contributed by atoms with Gasteiger partial charge in [-0.15, -0.1) is 0 Å². The summed E-state index contributed by atoms with van der Waals surface area (Å²) in [7, 11) is 3.29. The second-order valence-corrected chi connectivity index (χ2v) is 5.17. The number of carbonyl (C=O) groups excluding carboxylic acids is 1. The van der Waals surface area contributed by atoms with Gasteiger partial charge in [-0.2, -0.15) is 0 Å². The van der Waals surface area contributed by atoms with E-state index < -0.39 is 0 Å². The normalized spacial score (nSPS) is 11.8. The van der Waals surface area contributed by atoms with Crippen molar-refractivity contribution >= 4 is 23.4 Å². The van der Waals surface area contributed by atoms with Crippen LogP contribution in [0.4, 0.5) is 5.82 Å². The summed E-state index contributed by atoms with van der Waals surface area (Å²) in [6.07, 6.45) is 1.60.